The highest BCUT2D eigenvalue weighted by molar-refractivity contribution is 5.54. The van der Waals surface area contributed by atoms with E-state index in [0.29, 0.717) is 12.1 Å². The fourth-order valence-electron chi connectivity index (χ4n) is 3.54. The number of fused-ring (bicyclic) bond motifs is 1. The molecular weight excluding hydrogens is 298 g/mol. The molecule has 0 aliphatic heterocycles. The maximum absolute atomic E-state index is 4.79. The Kier molecular flexibility index (Phi) is 5.51. The Morgan fingerprint density at radius 2 is 1.88 bits per heavy atom. The largest absolute Gasteiger partial charge is 0.362 e. The molecule has 2 aliphatic rings. The summed E-state index contributed by atoms with van der Waals surface area (Å²) in [7, 11) is 6.15. The number of allylic oxidation sites excluding steroid dienone is 2. The van der Waals surface area contributed by atoms with Crippen LogP contribution >= 0.6 is 0 Å². The van der Waals surface area contributed by atoms with Crippen LogP contribution in [0.15, 0.2) is 12.2 Å². The SMILES string of the molecule is CN[C@@H]1CCCC(Nc2nc(N(C)C)c3c(n2)=CCC=CC=3)CC1. The predicted octanol–water partition coefficient (Wildman–Crippen LogP) is 1.40. The van der Waals surface area contributed by atoms with Crippen LogP contribution in [0.5, 0.6) is 0 Å². The molecule has 130 valence electrons. The zero-order valence-electron chi connectivity index (χ0n) is 15.0. The number of anilines is 2. The summed E-state index contributed by atoms with van der Waals surface area (Å²) in [4.78, 5) is 11.7. The summed E-state index contributed by atoms with van der Waals surface area (Å²) in [6, 6.07) is 1.11. The van der Waals surface area contributed by atoms with E-state index < -0.39 is 0 Å². The average molecular weight is 327 g/mol. The number of hydrogen-bond acceptors (Lipinski definition) is 5. The van der Waals surface area contributed by atoms with Crippen LogP contribution in [0.2, 0.25) is 0 Å². The van der Waals surface area contributed by atoms with Gasteiger partial charge < -0.3 is 15.5 Å². The van der Waals surface area contributed by atoms with Crippen molar-refractivity contribution in [3.05, 3.63) is 22.7 Å². The third-order valence-corrected chi connectivity index (χ3v) is 4.94. The van der Waals surface area contributed by atoms with Crippen LogP contribution < -0.4 is 26.1 Å². The van der Waals surface area contributed by atoms with Gasteiger partial charge in [0.2, 0.25) is 5.95 Å². The maximum Gasteiger partial charge on any atom is 0.225 e. The van der Waals surface area contributed by atoms with E-state index in [1.165, 1.54) is 32.1 Å². The van der Waals surface area contributed by atoms with Crippen molar-refractivity contribution in [3.8, 4) is 0 Å². The monoisotopic (exact) mass is 327 g/mol. The molecule has 0 spiro atoms. The second-order valence-corrected chi connectivity index (χ2v) is 6.93. The molecule has 2 N–H and O–H groups in total. The molecule has 1 unspecified atom stereocenters. The lowest BCUT2D eigenvalue weighted by Gasteiger charge is -2.19. The maximum atomic E-state index is 4.79. The van der Waals surface area contributed by atoms with Gasteiger partial charge in [0.05, 0.1) is 5.35 Å². The normalized spacial score (nSPS) is 23.3. The summed E-state index contributed by atoms with van der Waals surface area (Å²) in [6.45, 7) is 0. The van der Waals surface area contributed by atoms with Gasteiger partial charge in [0.15, 0.2) is 0 Å². The van der Waals surface area contributed by atoms with Crippen molar-refractivity contribution in [1.29, 1.82) is 0 Å². The number of nitrogens with zero attached hydrogens (tertiary/aromatic N) is 3. The minimum atomic E-state index is 0.462. The van der Waals surface area contributed by atoms with Crippen molar-refractivity contribution < 1.29 is 0 Å². The number of rotatable bonds is 4. The van der Waals surface area contributed by atoms with E-state index in [9.17, 15) is 0 Å². The van der Waals surface area contributed by atoms with Crippen LogP contribution in [0.4, 0.5) is 11.8 Å². The molecule has 2 aliphatic carbocycles. The van der Waals surface area contributed by atoms with E-state index in [2.05, 4.69) is 46.9 Å². The first-order chi connectivity index (χ1) is 11.7. The van der Waals surface area contributed by atoms with Gasteiger partial charge in [-0.2, -0.15) is 4.98 Å². The molecule has 0 bridgehead atoms. The second-order valence-electron chi connectivity index (χ2n) is 6.93. The smallest absolute Gasteiger partial charge is 0.225 e. The van der Waals surface area contributed by atoms with Crippen molar-refractivity contribution in [3.63, 3.8) is 0 Å². The summed E-state index contributed by atoms with van der Waals surface area (Å²) < 4.78 is 0. The van der Waals surface area contributed by atoms with Gasteiger partial charge in [-0.05, 0) is 51.6 Å². The molecule has 1 fully saturated rings. The molecule has 2 atom stereocenters. The van der Waals surface area contributed by atoms with E-state index in [0.717, 1.165) is 28.8 Å². The minimum Gasteiger partial charge on any atom is -0.362 e. The molecule has 0 radical (unpaired) electrons. The van der Waals surface area contributed by atoms with Gasteiger partial charge in [-0.1, -0.05) is 18.2 Å². The minimum absolute atomic E-state index is 0.462. The first-order valence-corrected chi connectivity index (χ1v) is 9.03. The van der Waals surface area contributed by atoms with Gasteiger partial charge in [0.1, 0.15) is 5.82 Å². The summed E-state index contributed by atoms with van der Waals surface area (Å²) in [5.74, 6) is 1.74. The summed E-state index contributed by atoms with van der Waals surface area (Å²) >= 11 is 0. The van der Waals surface area contributed by atoms with Crippen LogP contribution in [0.25, 0.3) is 12.2 Å². The molecule has 0 aromatic carbocycles. The molecule has 3 rings (SSSR count). The van der Waals surface area contributed by atoms with Gasteiger partial charge >= 0.3 is 0 Å². The van der Waals surface area contributed by atoms with Crippen LogP contribution in [-0.2, 0) is 0 Å². The van der Waals surface area contributed by atoms with Crippen LogP contribution in [0.3, 0.4) is 0 Å². The Hall–Kier alpha value is -1.88. The van der Waals surface area contributed by atoms with Gasteiger partial charge in [-0.15, -0.1) is 0 Å². The summed E-state index contributed by atoms with van der Waals surface area (Å²) in [5, 5.41) is 9.16. The zero-order chi connectivity index (χ0) is 16.9. The Morgan fingerprint density at radius 3 is 2.67 bits per heavy atom. The molecule has 1 heterocycles. The molecule has 1 saturated carbocycles. The van der Waals surface area contributed by atoms with E-state index in [-0.39, 0.29) is 0 Å². The number of hydrogen-bond donors (Lipinski definition) is 2. The van der Waals surface area contributed by atoms with Crippen LogP contribution in [0.1, 0.15) is 38.5 Å². The van der Waals surface area contributed by atoms with Gasteiger partial charge in [-0.25, -0.2) is 4.98 Å². The predicted molar refractivity (Wildman–Crippen MR) is 102 cm³/mol. The number of aromatic nitrogens is 2. The fraction of sp³-hybridized carbons (Fsp3) is 0.579. The third-order valence-electron chi connectivity index (χ3n) is 4.94. The summed E-state index contributed by atoms with van der Waals surface area (Å²) in [5.41, 5.74) is 0. The molecule has 5 nitrogen and oxygen atoms in total. The molecule has 1 aromatic rings. The molecule has 0 saturated heterocycles. The lowest BCUT2D eigenvalue weighted by atomic mass is 10.1. The average Bonchev–Trinajstić information content (AvgIpc) is 2.94. The highest BCUT2D eigenvalue weighted by Gasteiger charge is 2.19. The fourth-order valence-corrected chi connectivity index (χ4v) is 3.54. The van der Waals surface area contributed by atoms with Crippen molar-refractivity contribution in [1.82, 2.24) is 15.3 Å². The Balaban J connectivity index is 1.86. The highest BCUT2D eigenvalue weighted by Crippen LogP contribution is 2.20. The molecule has 0 amide bonds. The van der Waals surface area contributed by atoms with Crippen molar-refractivity contribution in [2.24, 2.45) is 0 Å². The second kappa shape index (κ2) is 7.79. The standard InChI is InChI=1S/C19H29N5/c1-20-14-8-7-9-15(13-12-14)21-19-22-17-11-6-4-5-10-16(17)18(23-19)24(2)3/h4-5,10-11,14-15,20H,6-9,12-13H2,1-3H3,(H,21,22)/t14-,15?/m1/s1. The molecule has 24 heavy (non-hydrogen) atoms. The van der Waals surface area contributed by atoms with Crippen molar-refractivity contribution >= 4 is 23.9 Å². The Morgan fingerprint density at radius 1 is 1.08 bits per heavy atom. The molecular formula is C19H29N5. The third kappa shape index (κ3) is 3.96. The summed E-state index contributed by atoms with van der Waals surface area (Å²) in [6.07, 6.45) is 15.5. The molecule has 5 heteroatoms. The van der Waals surface area contributed by atoms with E-state index in [4.69, 9.17) is 9.97 Å². The van der Waals surface area contributed by atoms with Crippen LogP contribution in [-0.4, -0.2) is 43.2 Å². The van der Waals surface area contributed by atoms with Crippen LogP contribution in [0, 0.1) is 0 Å². The zero-order valence-corrected chi connectivity index (χ0v) is 15.0. The van der Waals surface area contributed by atoms with E-state index in [1.807, 2.05) is 14.1 Å². The van der Waals surface area contributed by atoms with Gasteiger partial charge in [0, 0.05) is 31.4 Å². The van der Waals surface area contributed by atoms with E-state index in [1.54, 1.807) is 0 Å². The highest BCUT2D eigenvalue weighted by atomic mass is 15.2. The first-order valence-electron chi connectivity index (χ1n) is 9.03. The lowest BCUT2D eigenvalue weighted by Crippen LogP contribution is -2.36. The topological polar surface area (TPSA) is 53.1 Å². The lowest BCUT2D eigenvalue weighted by molar-refractivity contribution is 0.496. The Bertz CT molecular complexity index is 707. The first kappa shape index (κ1) is 17.0. The van der Waals surface area contributed by atoms with Crippen molar-refractivity contribution in [2.45, 2.75) is 50.6 Å². The van der Waals surface area contributed by atoms with Gasteiger partial charge in [-0.3, -0.25) is 0 Å². The number of nitrogens with one attached hydrogen (secondary N) is 2. The van der Waals surface area contributed by atoms with Gasteiger partial charge in [0.25, 0.3) is 0 Å². The van der Waals surface area contributed by atoms with Crippen molar-refractivity contribution in [2.75, 3.05) is 31.4 Å². The quantitative estimate of drug-likeness (QED) is 0.819. The Labute approximate surface area is 144 Å². The van der Waals surface area contributed by atoms with E-state index >= 15 is 0 Å². The molecule has 1 aromatic heterocycles.